The molecule has 2 rings (SSSR count). The van der Waals surface area contributed by atoms with E-state index in [1.54, 1.807) is 12.1 Å². The fourth-order valence-electron chi connectivity index (χ4n) is 2.79. The Morgan fingerprint density at radius 3 is 2.75 bits per heavy atom. The summed E-state index contributed by atoms with van der Waals surface area (Å²) in [6.45, 7) is 6.45. The van der Waals surface area contributed by atoms with Crippen molar-refractivity contribution in [2.45, 2.75) is 26.2 Å². The van der Waals surface area contributed by atoms with Crippen LogP contribution < -0.4 is 5.32 Å². The highest BCUT2D eigenvalue weighted by Gasteiger charge is 2.29. The number of benzene rings is 1. The van der Waals surface area contributed by atoms with Crippen LogP contribution in [-0.4, -0.2) is 13.1 Å². The molecule has 1 aliphatic rings. The van der Waals surface area contributed by atoms with Gasteiger partial charge in [0.15, 0.2) is 0 Å². The minimum atomic E-state index is -0.0538. The average molecular weight is 221 g/mol. The molecule has 0 aliphatic carbocycles. The van der Waals surface area contributed by atoms with Crippen molar-refractivity contribution in [2.75, 3.05) is 13.1 Å². The van der Waals surface area contributed by atoms with Gasteiger partial charge in [0.05, 0.1) is 0 Å². The summed E-state index contributed by atoms with van der Waals surface area (Å²) in [7, 11) is 0. The second-order valence-electron chi connectivity index (χ2n) is 5.03. The number of rotatable bonds is 2. The average Bonchev–Trinajstić information content (AvgIpc) is 2.29. The van der Waals surface area contributed by atoms with Crippen molar-refractivity contribution in [1.82, 2.24) is 5.32 Å². The highest BCUT2D eigenvalue weighted by molar-refractivity contribution is 5.23. The second kappa shape index (κ2) is 4.96. The third kappa shape index (κ3) is 2.27. The molecule has 1 nitrogen and oxygen atoms in total. The van der Waals surface area contributed by atoms with E-state index >= 15 is 0 Å². The smallest absolute Gasteiger partial charge is 0.126 e. The molecule has 1 aliphatic heterocycles. The minimum absolute atomic E-state index is 0.0538. The topological polar surface area (TPSA) is 12.0 Å². The van der Waals surface area contributed by atoms with Crippen molar-refractivity contribution in [3.05, 3.63) is 35.6 Å². The highest BCUT2D eigenvalue weighted by atomic mass is 19.1. The fraction of sp³-hybridized carbons (Fsp3) is 0.571. The van der Waals surface area contributed by atoms with Gasteiger partial charge in [0.2, 0.25) is 0 Å². The standard InChI is InChI=1S/C14H20FN/c1-10(2)11-7-8-16-9-13(11)12-5-3-4-6-14(12)15/h3-6,10-11,13,16H,7-9H2,1-2H3. The van der Waals surface area contributed by atoms with Crippen molar-refractivity contribution in [1.29, 1.82) is 0 Å². The summed E-state index contributed by atoms with van der Waals surface area (Å²) in [5.41, 5.74) is 0.883. The molecule has 1 heterocycles. The van der Waals surface area contributed by atoms with Crippen molar-refractivity contribution in [2.24, 2.45) is 11.8 Å². The predicted octanol–water partition coefficient (Wildman–Crippen LogP) is 3.17. The van der Waals surface area contributed by atoms with Crippen LogP contribution in [0.1, 0.15) is 31.7 Å². The van der Waals surface area contributed by atoms with Crippen molar-refractivity contribution in [3.63, 3.8) is 0 Å². The van der Waals surface area contributed by atoms with E-state index in [1.165, 1.54) is 0 Å². The monoisotopic (exact) mass is 221 g/mol. The summed E-state index contributed by atoms with van der Waals surface area (Å²) in [5.74, 6) is 1.49. The van der Waals surface area contributed by atoms with Gasteiger partial charge in [-0.15, -0.1) is 0 Å². The van der Waals surface area contributed by atoms with Crippen LogP contribution in [0.15, 0.2) is 24.3 Å². The molecule has 0 radical (unpaired) electrons. The molecule has 1 fully saturated rings. The van der Waals surface area contributed by atoms with E-state index in [1.807, 2.05) is 12.1 Å². The zero-order chi connectivity index (χ0) is 11.5. The molecule has 1 N–H and O–H groups in total. The first-order valence-electron chi connectivity index (χ1n) is 6.15. The molecule has 0 aromatic heterocycles. The Morgan fingerprint density at radius 2 is 2.06 bits per heavy atom. The third-order valence-electron chi connectivity index (χ3n) is 3.70. The molecule has 0 spiro atoms. The summed E-state index contributed by atoms with van der Waals surface area (Å²) in [4.78, 5) is 0. The van der Waals surface area contributed by atoms with Gasteiger partial charge >= 0.3 is 0 Å². The number of hydrogen-bond donors (Lipinski definition) is 1. The predicted molar refractivity (Wildman–Crippen MR) is 65.0 cm³/mol. The van der Waals surface area contributed by atoms with Crippen LogP contribution in [0.2, 0.25) is 0 Å². The zero-order valence-corrected chi connectivity index (χ0v) is 10.0. The maximum Gasteiger partial charge on any atom is 0.126 e. The van der Waals surface area contributed by atoms with Gasteiger partial charge in [-0.25, -0.2) is 4.39 Å². The van der Waals surface area contributed by atoms with Gasteiger partial charge in [-0.3, -0.25) is 0 Å². The van der Waals surface area contributed by atoms with E-state index in [4.69, 9.17) is 0 Å². The van der Waals surface area contributed by atoms with Gasteiger partial charge in [-0.1, -0.05) is 32.0 Å². The maximum atomic E-state index is 13.8. The summed E-state index contributed by atoms with van der Waals surface area (Å²) in [6, 6.07) is 7.20. The molecule has 1 saturated heterocycles. The number of halogens is 1. The molecule has 0 amide bonds. The highest BCUT2D eigenvalue weighted by Crippen LogP contribution is 2.35. The SMILES string of the molecule is CC(C)C1CCNCC1c1ccccc1F. The summed E-state index contributed by atoms with van der Waals surface area (Å²) < 4.78 is 13.8. The van der Waals surface area contributed by atoms with Crippen LogP contribution in [0.25, 0.3) is 0 Å². The van der Waals surface area contributed by atoms with Crippen LogP contribution in [0, 0.1) is 17.7 Å². The van der Waals surface area contributed by atoms with E-state index < -0.39 is 0 Å². The summed E-state index contributed by atoms with van der Waals surface area (Å²) in [6.07, 6.45) is 1.15. The van der Waals surface area contributed by atoms with Gasteiger partial charge in [0, 0.05) is 12.5 Å². The summed E-state index contributed by atoms with van der Waals surface area (Å²) >= 11 is 0. The number of piperidine rings is 1. The molecule has 0 saturated carbocycles. The van der Waals surface area contributed by atoms with Gasteiger partial charge in [-0.2, -0.15) is 0 Å². The first-order chi connectivity index (χ1) is 7.70. The van der Waals surface area contributed by atoms with Gasteiger partial charge < -0.3 is 5.32 Å². The Morgan fingerprint density at radius 1 is 1.31 bits per heavy atom. The molecule has 16 heavy (non-hydrogen) atoms. The Labute approximate surface area is 97.1 Å². The number of hydrogen-bond acceptors (Lipinski definition) is 1. The van der Waals surface area contributed by atoms with E-state index in [2.05, 4.69) is 19.2 Å². The molecule has 2 heteroatoms. The molecular weight excluding hydrogens is 201 g/mol. The van der Waals surface area contributed by atoms with Crippen molar-refractivity contribution >= 4 is 0 Å². The van der Waals surface area contributed by atoms with Gasteiger partial charge in [0.25, 0.3) is 0 Å². The first kappa shape index (κ1) is 11.6. The normalized spacial score (nSPS) is 26.0. The Hall–Kier alpha value is -0.890. The third-order valence-corrected chi connectivity index (χ3v) is 3.70. The van der Waals surface area contributed by atoms with Gasteiger partial charge in [-0.05, 0) is 36.4 Å². The van der Waals surface area contributed by atoms with Crippen molar-refractivity contribution < 1.29 is 4.39 Å². The van der Waals surface area contributed by atoms with E-state index in [9.17, 15) is 4.39 Å². The molecule has 0 bridgehead atoms. The Balaban J connectivity index is 2.27. The van der Waals surface area contributed by atoms with E-state index in [-0.39, 0.29) is 5.82 Å². The fourth-order valence-corrected chi connectivity index (χ4v) is 2.79. The number of nitrogens with one attached hydrogen (secondary N) is 1. The van der Waals surface area contributed by atoms with Crippen LogP contribution in [0.5, 0.6) is 0 Å². The zero-order valence-electron chi connectivity index (χ0n) is 10.0. The maximum absolute atomic E-state index is 13.8. The Kier molecular flexibility index (Phi) is 3.59. The molecule has 1 aromatic carbocycles. The molecular formula is C14H20FN. The quantitative estimate of drug-likeness (QED) is 0.808. The Bertz CT molecular complexity index is 348. The molecule has 1 aromatic rings. The van der Waals surface area contributed by atoms with E-state index in [0.717, 1.165) is 25.1 Å². The lowest BCUT2D eigenvalue weighted by Gasteiger charge is -2.35. The van der Waals surface area contributed by atoms with Crippen molar-refractivity contribution in [3.8, 4) is 0 Å². The van der Waals surface area contributed by atoms with Crippen LogP contribution in [0.4, 0.5) is 4.39 Å². The molecule has 88 valence electrons. The first-order valence-corrected chi connectivity index (χ1v) is 6.15. The second-order valence-corrected chi connectivity index (χ2v) is 5.03. The minimum Gasteiger partial charge on any atom is -0.316 e. The lowest BCUT2D eigenvalue weighted by Crippen LogP contribution is -2.37. The molecule has 2 atom stereocenters. The molecule has 2 unspecified atom stereocenters. The van der Waals surface area contributed by atoms with Crippen LogP contribution in [0.3, 0.4) is 0 Å². The lowest BCUT2D eigenvalue weighted by atomic mass is 9.75. The largest absolute Gasteiger partial charge is 0.316 e. The van der Waals surface area contributed by atoms with E-state index in [0.29, 0.717) is 17.8 Å². The lowest BCUT2D eigenvalue weighted by molar-refractivity contribution is 0.248. The van der Waals surface area contributed by atoms with Crippen LogP contribution >= 0.6 is 0 Å². The van der Waals surface area contributed by atoms with Crippen LogP contribution in [-0.2, 0) is 0 Å². The van der Waals surface area contributed by atoms with Gasteiger partial charge in [0.1, 0.15) is 5.82 Å². The summed E-state index contributed by atoms with van der Waals surface area (Å²) in [5, 5.41) is 3.38.